The van der Waals surface area contributed by atoms with Crippen molar-refractivity contribution in [3.8, 4) is 0 Å². The minimum atomic E-state index is -1.41. The van der Waals surface area contributed by atoms with Gasteiger partial charge in [0.15, 0.2) is 0 Å². The molecular formula is C4H8NO4-. The molecular weight excluding hydrogens is 126 g/mol. The van der Waals surface area contributed by atoms with E-state index >= 15 is 0 Å². The van der Waals surface area contributed by atoms with E-state index in [-0.39, 0.29) is 0 Å². The fourth-order valence-corrected chi connectivity index (χ4v) is 0.355. The number of carbonyl (C=O) groups is 1. The highest BCUT2D eigenvalue weighted by molar-refractivity contribution is 5.74. The number of aliphatic hydroxyl groups is 1. The monoisotopic (exact) mass is 134 g/mol. The Morgan fingerprint density at radius 3 is 2.22 bits per heavy atom. The van der Waals surface area contributed by atoms with Gasteiger partial charge in [-0.2, -0.15) is 0 Å². The van der Waals surface area contributed by atoms with Gasteiger partial charge >= 0.3 is 5.97 Å². The van der Waals surface area contributed by atoms with Crippen LogP contribution < -0.4 is 5.48 Å². The number of hydrogen-bond donors (Lipinski definition) is 3. The Hall–Kier alpha value is -0.650. The fourth-order valence-electron chi connectivity index (χ4n) is 0.355. The summed E-state index contributed by atoms with van der Waals surface area (Å²) in [7, 11) is 0. The number of hydroxylamine groups is 1. The van der Waals surface area contributed by atoms with Gasteiger partial charge in [0, 0.05) is 0 Å². The molecule has 3 N–H and O–H groups in total. The van der Waals surface area contributed by atoms with Gasteiger partial charge in [0.25, 0.3) is 0 Å². The van der Waals surface area contributed by atoms with Crippen LogP contribution in [0.25, 0.3) is 0 Å². The van der Waals surface area contributed by atoms with Gasteiger partial charge in [-0.3, -0.25) is 4.79 Å². The number of nitrogens with one attached hydrogen (secondary N) is 1. The maximum Gasteiger partial charge on any atom is 0.322 e. The highest BCUT2D eigenvalue weighted by Gasteiger charge is 2.17. The van der Waals surface area contributed by atoms with Crippen molar-refractivity contribution in [2.45, 2.75) is 19.1 Å². The lowest BCUT2D eigenvalue weighted by molar-refractivity contribution is -0.141. The summed E-state index contributed by atoms with van der Waals surface area (Å²) in [5.41, 5.74) is 1.20. The first-order valence-corrected chi connectivity index (χ1v) is 2.38. The average Bonchev–Trinajstić information content (AvgIpc) is 1.64. The smallest absolute Gasteiger partial charge is 0.322 e. The molecule has 0 unspecified atom stereocenters. The summed E-state index contributed by atoms with van der Waals surface area (Å²) in [6.07, 6.45) is -1.17. The molecule has 0 spiro atoms. The first kappa shape index (κ1) is 8.35. The molecule has 0 aromatic rings. The molecule has 0 aromatic carbocycles. The van der Waals surface area contributed by atoms with Crippen LogP contribution in [0, 0.1) is 5.21 Å². The number of aliphatic carboxylic acids is 1. The lowest BCUT2D eigenvalue weighted by atomic mass is 10.2. The first-order valence-electron chi connectivity index (χ1n) is 2.38. The van der Waals surface area contributed by atoms with E-state index in [0.29, 0.717) is 0 Å². The quantitative estimate of drug-likeness (QED) is 0.426. The van der Waals surface area contributed by atoms with Crippen LogP contribution in [0.5, 0.6) is 0 Å². The summed E-state index contributed by atoms with van der Waals surface area (Å²) in [6, 6.07) is -1.41. The van der Waals surface area contributed by atoms with Gasteiger partial charge in [-0.1, -0.05) is 0 Å². The summed E-state index contributed by atoms with van der Waals surface area (Å²) in [5.74, 6) is -1.35. The van der Waals surface area contributed by atoms with Crippen LogP contribution in [0.4, 0.5) is 0 Å². The second-order valence-corrected chi connectivity index (χ2v) is 1.67. The van der Waals surface area contributed by atoms with Gasteiger partial charge in [-0.25, -0.2) is 0 Å². The summed E-state index contributed by atoms with van der Waals surface area (Å²) >= 11 is 0. The van der Waals surface area contributed by atoms with Gasteiger partial charge in [0.2, 0.25) is 0 Å². The average molecular weight is 134 g/mol. The van der Waals surface area contributed by atoms with Crippen LogP contribution in [0.15, 0.2) is 0 Å². The van der Waals surface area contributed by atoms with Crippen molar-refractivity contribution >= 4 is 5.97 Å². The number of rotatable bonds is 3. The van der Waals surface area contributed by atoms with Crippen LogP contribution >= 0.6 is 0 Å². The van der Waals surface area contributed by atoms with Crippen LogP contribution in [0.2, 0.25) is 0 Å². The standard InChI is InChI=1S/C4H8NO4/c1-2(6)3(5-9)4(7)8/h2-3,5-6H,1H3,(H,7,8)/q-1/t2-,3+/m0/s1. The zero-order chi connectivity index (χ0) is 7.44. The molecule has 54 valence electrons. The minimum Gasteiger partial charge on any atom is -0.787 e. The summed E-state index contributed by atoms with van der Waals surface area (Å²) in [6.45, 7) is 1.23. The maximum absolute atomic E-state index is 9.95. The largest absolute Gasteiger partial charge is 0.787 e. The van der Waals surface area contributed by atoms with E-state index in [9.17, 15) is 10.0 Å². The van der Waals surface area contributed by atoms with E-state index in [1.54, 1.807) is 0 Å². The van der Waals surface area contributed by atoms with E-state index in [4.69, 9.17) is 10.2 Å². The lowest BCUT2D eigenvalue weighted by Crippen LogP contribution is -2.41. The lowest BCUT2D eigenvalue weighted by Gasteiger charge is -2.19. The highest BCUT2D eigenvalue weighted by Crippen LogP contribution is 1.90. The molecule has 5 nitrogen and oxygen atoms in total. The molecule has 0 saturated heterocycles. The van der Waals surface area contributed by atoms with Gasteiger partial charge < -0.3 is 20.9 Å². The SMILES string of the molecule is C[C@H](O)[C@@H](N[O-])C(=O)O. The maximum atomic E-state index is 9.95. The van der Waals surface area contributed by atoms with E-state index in [1.165, 1.54) is 12.4 Å². The molecule has 0 aliphatic rings. The Bertz CT molecular complexity index is 103. The Kier molecular flexibility index (Phi) is 3.15. The third-order valence-corrected chi connectivity index (χ3v) is 0.875. The van der Waals surface area contributed by atoms with E-state index in [0.717, 1.165) is 0 Å². The van der Waals surface area contributed by atoms with E-state index in [1.807, 2.05) is 0 Å². The van der Waals surface area contributed by atoms with Crippen molar-refractivity contribution in [3.05, 3.63) is 5.21 Å². The molecule has 0 fully saturated rings. The van der Waals surface area contributed by atoms with Crippen molar-refractivity contribution in [1.82, 2.24) is 5.48 Å². The zero-order valence-corrected chi connectivity index (χ0v) is 4.87. The number of carboxylic acids is 1. The Balaban J connectivity index is 3.83. The van der Waals surface area contributed by atoms with Crippen LogP contribution in [-0.2, 0) is 4.79 Å². The predicted molar refractivity (Wildman–Crippen MR) is 29.6 cm³/mol. The summed E-state index contributed by atoms with van der Waals surface area (Å²) in [5, 5.41) is 26.4. The normalized spacial score (nSPS) is 16.8. The van der Waals surface area contributed by atoms with Crippen LogP contribution in [0.3, 0.4) is 0 Å². The first-order chi connectivity index (χ1) is 4.09. The van der Waals surface area contributed by atoms with Crippen LogP contribution in [0.1, 0.15) is 6.92 Å². The molecule has 9 heavy (non-hydrogen) atoms. The molecule has 0 bridgehead atoms. The van der Waals surface area contributed by atoms with E-state index in [2.05, 4.69) is 0 Å². The van der Waals surface area contributed by atoms with Crippen LogP contribution in [-0.4, -0.2) is 28.3 Å². The van der Waals surface area contributed by atoms with Crippen molar-refractivity contribution in [1.29, 1.82) is 0 Å². The van der Waals surface area contributed by atoms with Gasteiger partial charge in [0.05, 0.1) is 6.10 Å². The minimum absolute atomic E-state index is 1.17. The van der Waals surface area contributed by atoms with Crippen molar-refractivity contribution in [3.63, 3.8) is 0 Å². The fraction of sp³-hybridized carbons (Fsp3) is 0.750. The van der Waals surface area contributed by atoms with Crippen molar-refractivity contribution in [2.75, 3.05) is 0 Å². The molecule has 0 radical (unpaired) electrons. The number of carboxylic acid groups (broad SMARTS) is 1. The molecule has 0 aliphatic heterocycles. The third kappa shape index (κ3) is 2.41. The van der Waals surface area contributed by atoms with Crippen molar-refractivity contribution < 1.29 is 15.0 Å². The predicted octanol–water partition coefficient (Wildman–Crippen LogP) is -1.09. The molecule has 0 aliphatic carbocycles. The molecule has 0 amide bonds. The Morgan fingerprint density at radius 1 is 1.78 bits per heavy atom. The summed E-state index contributed by atoms with van der Waals surface area (Å²) < 4.78 is 0. The zero-order valence-electron chi connectivity index (χ0n) is 4.87. The Morgan fingerprint density at radius 2 is 2.22 bits per heavy atom. The van der Waals surface area contributed by atoms with E-state index < -0.39 is 18.1 Å². The van der Waals surface area contributed by atoms with Gasteiger partial charge in [-0.05, 0) is 6.92 Å². The molecule has 0 aromatic heterocycles. The summed E-state index contributed by atoms with van der Waals surface area (Å²) in [4.78, 5) is 9.95. The Labute approximate surface area is 51.9 Å². The van der Waals surface area contributed by atoms with Crippen molar-refractivity contribution in [2.24, 2.45) is 0 Å². The van der Waals surface area contributed by atoms with Gasteiger partial charge in [0.1, 0.15) is 6.04 Å². The second kappa shape index (κ2) is 3.39. The number of aliphatic hydroxyl groups excluding tert-OH is 1. The highest BCUT2D eigenvalue weighted by atomic mass is 16.5. The second-order valence-electron chi connectivity index (χ2n) is 1.67. The number of hydrogen-bond acceptors (Lipinski definition) is 4. The third-order valence-electron chi connectivity index (χ3n) is 0.875. The molecule has 5 heteroatoms. The topological polar surface area (TPSA) is 92.6 Å². The molecule has 0 heterocycles. The van der Waals surface area contributed by atoms with Gasteiger partial charge in [-0.15, -0.1) is 0 Å². The molecule has 0 saturated carbocycles. The molecule has 2 atom stereocenters. The molecule has 0 rings (SSSR count).